The molecule has 27 heavy (non-hydrogen) atoms. The van der Waals surface area contributed by atoms with E-state index < -0.39 is 11.6 Å². The van der Waals surface area contributed by atoms with E-state index in [1.807, 2.05) is 6.07 Å². The number of carbonyl (C=O) groups is 2. The first kappa shape index (κ1) is 17.3. The molecule has 1 aliphatic carbocycles. The average molecular weight is 372 g/mol. The minimum absolute atomic E-state index is 0.0577. The van der Waals surface area contributed by atoms with Crippen molar-refractivity contribution >= 4 is 11.9 Å². The van der Waals surface area contributed by atoms with Gasteiger partial charge in [0.05, 0.1) is 14.2 Å². The zero-order valence-electron chi connectivity index (χ0n) is 15.1. The van der Waals surface area contributed by atoms with Crippen LogP contribution >= 0.6 is 0 Å². The largest absolute Gasteiger partial charge is 0.493 e. The summed E-state index contributed by atoms with van der Waals surface area (Å²) in [4.78, 5) is 28.0. The molecule has 1 aliphatic heterocycles. The minimum atomic E-state index is -0.792. The number of hydrogen-bond acceptors (Lipinski definition) is 7. The third kappa shape index (κ3) is 2.98. The highest BCUT2D eigenvalue weighted by molar-refractivity contribution is 6.07. The summed E-state index contributed by atoms with van der Waals surface area (Å²) in [6, 6.07) is 4.99. The van der Waals surface area contributed by atoms with E-state index >= 15 is 0 Å². The van der Waals surface area contributed by atoms with Crippen molar-refractivity contribution in [2.45, 2.75) is 37.1 Å². The molecule has 1 saturated carbocycles. The lowest BCUT2D eigenvalue weighted by Gasteiger charge is -2.33. The van der Waals surface area contributed by atoms with Gasteiger partial charge in [0.1, 0.15) is 5.54 Å². The summed E-state index contributed by atoms with van der Waals surface area (Å²) in [6.45, 7) is 0. The highest BCUT2D eigenvalue weighted by Gasteiger charge is 2.48. The second-order valence-electron chi connectivity index (χ2n) is 6.79. The van der Waals surface area contributed by atoms with Crippen LogP contribution in [0.2, 0.25) is 0 Å². The Morgan fingerprint density at radius 1 is 1.15 bits per heavy atom. The van der Waals surface area contributed by atoms with Crippen LogP contribution in [0, 0.1) is 0 Å². The predicted molar refractivity (Wildman–Crippen MR) is 93.5 cm³/mol. The molecule has 0 atom stereocenters. The van der Waals surface area contributed by atoms with E-state index in [2.05, 4.69) is 20.8 Å². The lowest BCUT2D eigenvalue weighted by Crippen LogP contribution is -2.49. The van der Waals surface area contributed by atoms with Crippen LogP contribution < -0.4 is 20.1 Å². The molecule has 2 fully saturated rings. The molecule has 1 spiro atoms. The van der Waals surface area contributed by atoms with E-state index in [0.717, 1.165) is 5.56 Å². The molecule has 3 amide bonds. The maximum Gasteiger partial charge on any atom is 0.322 e. The molecule has 0 bridgehead atoms. The molecule has 1 aromatic heterocycles. The molecule has 2 aliphatic rings. The standard InChI is InChI=1S/C18H20N4O5/c1-25-12-4-3-11(9-13(12)26-2)14-19-15(27-22-14)10-5-7-18(8-6-10)16(23)20-17(24)21-18/h3-4,9-10H,5-8H2,1-2H3,(H2,20,21,23,24). The molecule has 9 heteroatoms. The molecular weight excluding hydrogens is 352 g/mol. The van der Waals surface area contributed by atoms with Crippen LogP contribution in [0.15, 0.2) is 22.7 Å². The Bertz CT molecular complexity index is 886. The number of amides is 3. The van der Waals surface area contributed by atoms with Gasteiger partial charge in [-0.25, -0.2) is 4.79 Å². The van der Waals surface area contributed by atoms with Gasteiger partial charge < -0.3 is 19.3 Å². The zero-order chi connectivity index (χ0) is 19.0. The number of hydrogen-bond donors (Lipinski definition) is 2. The molecule has 2 heterocycles. The Labute approximate surface area is 155 Å². The number of rotatable bonds is 4. The quantitative estimate of drug-likeness (QED) is 0.789. The van der Waals surface area contributed by atoms with Gasteiger partial charge in [0.25, 0.3) is 5.91 Å². The fourth-order valence-electron chi connectivity index (χ4n) is 3.73. The van der Waals surface area contributed by atoms with Crippen molar-refractivity contribution in [1.82, 2.24) is 20.8 Å². The summed E-state index contributed by atoms with van der Waals surface area (Å²) >= 11 is 0. The van der Waals surface area contributed by atoms with E-state index in [9.17, 15) is 9.59 Å². The van der Waals surface area contributed by atoms with E-state index in [-0.39, 0.29) is 11.8 Å². The third-order valence-corrected chi connectivity index (χ3v) is 5.29. The van der Waals surface area contributed by atoms with Crippen LogP contribution in [0.4, 0.5) is 4.79 Å². The summed E-state index contributed by atoms with van der Waals surface area (Å²) in [5.41, 5.74) is -0.0304. The Kier molecular flexibility index (Phi) is 4.21. The van der Waals surface area contributed by atoms with E-state index in [1.165, 1.54) is 0 Å². The summed E-state index contributed by atoms with van der Waals surface area (Å²) in [5.74, 6) is 2.03. The highest BCUT2D eigenvalue weighted by atomic mass is 16.5. The van der Waals surface area contributed by atoms with Gasteiger partial charge in [0, 0.05) is 11.5 Å². The smallest absolute Gasteiger partial charge is 0.322 e. The second-order valence-corrected chi connectivity index (χ2v) is 6.79. The van der Waals surface area contributed by atoms with Crippen molar-refractivity contribution < 1.29 is 23.6 Å². The predicted octanol–water partition coefficient (Wildman–Crippen LogP) is 1.99. The maximum atomic E-state index is 12.0. The van der Waals surface area contributed by atoms with Gasteiger partial charge in [-0.15, -0.1) is 0 Å². The van der Waals surface area contributed by atoms with Crippen LogP contribution in [0.3, 0.4) is 0 Å². The van der Waals surface area contributed by atoms with Crippen molar-refractivity contribution in [3.63, 3.8) is 0 Å². The second kappa shape index (κ2) is 6.57. The molecule has 9 nitrogen and oxygen atoms in total. The molecule has 0 radical (unpaired) electrons. The van der Waals surface area contributed by atoms with Crippen molar-refractivity contribution in [3.05, 3.63) is 24.1 Å². The number of urea groups is 1. The van der Waals surface area contributed by atoms with Gasteiger partial charge in [-0.1, -0.05) is 5.16 Å². The van der Waals surface area contributed by atoms with Gasteiger partial charge >= 0.3 is 6.03 Å². The zero-order valence-corrected chi connectivity index (χ0v) is 15.1. The van der Waals surface area contributed by atoms with E-state index in [4.69, 9.17) is 14.0 Å². The maximum absolute atomic E-state index is 12.0. The molecule has 2 aromatic rings. The fraction of sp³-hybridized carbons (Fsp3) is 0.444. The summed E-state index contributed by atoms with van der Waals surface area (Å²) in [7, 11) is 3.14. The number of carbonyl (C=O) groups excluding carboxylic acids is 2. The van der Waals surface area contributed by atoms with Crippen molar-refractivity contribution in [2.75, 3.05) is 14.2 Å². The van der Waals surface area contributed by atoms with Gasteiger partial charge in [-0.2, -0.15) is 4.98 Å². The SMILES string of the molecule is COc1ccc(-c2noc(C3CCC4(CC3)NC(=O)NC4=O)n2)cc1OC. The van der Waals surface area contributed by atoms with Crippen molar-refractivity contribution in [2.24, 2.45) is 0 Å². The van der Waals surface area contributed by atoms with Gasteiger partial charge in [-0.3, -0.25) is 10.1 Å². The number of methoxy groups -OCH3 is 2. The Balaban J connectivity index is 1.49. The number of aromatic nitrogens is 2. The number of benzene rings is 1. The summed E-state index contributed by atoms with van der Waals surface area (Å²) < 4.78 is 16.0. The number of imide groups is 1. The van der Waals surface area contributed by atoms with E-state index in [1.54, 1.807) is 26.4 Å². The number of nitrogens with zero attached hydrogens (tertiary/aromatic N) is 2. The van der Waals surface area contributed by atoms with Gasteiger partial charge in [0.15, 0.2) is 11.5 Å². The fourth-order valence-corrected chi connectivity index (χ4v) is 3.73. The third-order valence-electron chi connectivity index (χ3n) is 5.29. The Morgan fingerprint density at radius 2 is 1.89 bits per heavy atom. The Hall–Kier alpha value is -3.10. The van der Waals surface area contributed by atoms with Gasteiger partial charge in [0.2, 0.25) is 11.7 Å². The molecule has 1 saturated heterocycles. The van der Waals surface area contributed by atoms with Crippen molar-refractivity contribution in [1.29, 1.82) is 0 Å². The summed E-state index contributed by atoms with van der Waals surface area (Å²) in [5, 5.41) is 9.15. The first-order chi connectivity index (χ1) is 13.0. The molecule has 142 valence electrons. The minimum Gasteiger partial charge on any atom is -0.493 e. The number of nitrogens with one attached hydrogen (secondary N) is 2. The monoisotopic (exact) mass is 372 g/mol. The lowest BCUT2D eigenvalue weighted by molar-refractivity contribution is -0.125. The normalized spacial score (nSPS) is 24.6. The highest BCUT2D eigenvalue weighted by Crippen LogP contribution is 2.39. The number of ether oxygens (including phenoxy) is 2. The van der Waals surface area contributed by atoms with Gasteiger partial charge in [-0.05, 0) is 43.9 Å². The van der Waals surface area contributed by atoms with Crippen molar-refractivity contribution in [3.8, 4) is 22.9 Å². The molecular formula is C18H20N4O5. The molecule has 1 aromatic carbocycles. The molecule has 0 unspecified atom stereocenters. The van der Waals surface area contributed by atoms with Crippen LogP contribution in [0.5, 0.6) is 11.5 Å². The first-order valence-electron chi connectivity index (χ1n) is 8.74. The Morgan fingerprint density at radius 3 is 2.52 bits per heavy atom. The van der Waals surface area contributed by atoms with Crippen LogP contribution in [-0.4, -0.2) is 41.8 Å². The molecule has 4 rings (SSSR count). The van der Waals surface area contributed by atoms with Crippen LogP contribution in [-0.2, 0) is 4.79 Å². The van der Waals surface area contributed by atoms with Crippen LogP contribution in [0.25, 0.3) is 11.4 Å². The lowest BCUT2D eigenvalue weighted by atomic mass is 9.76. The average Bonchev–Trinajstić information content (AvgIpc) is 3.27. The van der Waals surface area contributed by atoms with Crippen LogP contribution in [0.1, 0.15) is 37.5 Å². The topological polar surface area (TPSA) is 116 Å². The van der Waals surface area contributed by atoms with E-state index in [0.29, 0.717) is 48.9 Å². The first-order valence-corrected chi connectivity index (χ1v) is 8.74. The molecule has 2 N–H and O–H groups in total. The summed E-state index contributed by atoms with van der Waals surface area (Å²) in [6.07, 6.45) is 2.45.